The number of para-hydroxylation sites is 2. The topological polar surface area (TPSA) is 60.9 Å². The third-order valence-electron chi connectivity index (χ3n) is 3.62. The Hall–Kier alpha value is -2.62. The van der Waals surface area contributed by atoms with E-state index in [2.05, 4.69) is 5.10 Å². The molecule has 0 spiro atoms. The molecule has 0 atom stereocenters. The average Bonchev–Trinajstić information content (AvgIpc) is 2.86. The van der Waals surface area contributed by atoms with Crippen LogP contribution in [0.3, 0.4) is 0 Å². The van der Waals surface area contributed by atoms with Gasteiger partial charge < -0.3 is 5.73 Å². The fourth-order valence-electron chi connectivity index (χ4n) is 2.57. The number of carbonyl (C=O) groups excluding carboxylic acids is 1. The fourth-order valence-corrected chi connectivity index (χ4v) is 2.57. The van der Waals surface area contributed by atoms with Crippen LogP contribution >= 0.6 is 0 Å². The number of nitrogens with zero attached hydrogens (tertiary/aromatic N) is 2. The summed E-state index contributed by atoms with van der Waals surface area (Å²) in [5.74, 6) is -0.000365. The molecule has 0 bridgehead atoms. The predicted molar refractivity (Wildman–Crippen MR) is 84.3 cm³/mol. The van der Waals surface area contributed by atoms with Gasteiger partial charge in [-0.1, -0.05) is 30.3 Å². The number of nitrogen functional groups attached to an aromatic ring is 1. The Morgan fingerprint density at radius 3 is 2.62 bits per heavy atom. The second kappa shape index (κ2) is 5.40. The number of nitrogens with two attached hydrogens (primary N) is 1. The molecule has 21 heavy (non-hydrogen) atoms. The van der Waals surface area contributed by atoms with E-state index in [0.29, 0.717) is 11.3 Å². The van der Waals surface area contributed by atoms with E-state index in [0.717, 1.165) is 23.1 Å². The molecule has 0 radical (unpaired) electrons. The number of benzene rings is 2. The Bertz CT molecular complexity index is 805. The SMILES string of the molecule is CCn1nc(CC(=O)c2ccccc2N)c2ccccc21. The van der Waals surface area contributed by atoms with Gasteiger partial charge in [0.15, 0.2) is 5.78 Å². The first-order valence-corrected chi connectivity index (χ1v) is 7.03. The second-order valence-corrected chi connectivity index (χ2v) is 4.97. The van der Waals surface area contributed by atoms with E-state index in [-0.39, 0.29) is 12.2 Å². The number of aryl methyl sites for hydroxylation is 1. The molecular formula is C17H17N3O. The smallest absolute Gasteiger partial charge is 0.170 e. The molecule has 0 unspecified atom stereocenters. The van der Waals surface area contributed by atoms with E-state index in [4.69, 9.17) is 5.73 Å². The summed E-state index contributed by atoms with van der Waals surface area (Å²) in [7, 11) is 0. The number of anilines is 1. The van der Waals surface area contributed by atoms with Gasteiger partial charge >= 0.3 is 0 Å². The standard InChI is InChI=1S/C17H17N3O/c1-2-20-16-10-6-4-8-13(16)15(19-20)11-17(21)12-7-3-5-9-14(12)18/h3-10H,2,11,18H2,1H3. The molecule has 2 aromatic carbocycles. The maximum atomic E-state index is 12.4. The second-order valence-electron chi connectivity index (χ2n) is 4.97. The molecule has 0 amide bonds. The highest BCUT2D eigenvalue weighted by Gasteiger charge is 2.15. The summed E-state index contributed by atoms with van der Waals surface area (Å²) in [6.07, 6.45) is 0.266. The van der Waals surface area contributed by atoms with E-state index in [1.807, 2.05) is 48.0 Å². The number of fused-ring (bicyclic) bond motifs is 1. The molecule has 0 saturated heterocycles. The fraction of sp³-hybridized carbons (Fsp3) is 0.176. The summed E-state index contributed by atoms with van der Waals surface area (Å²) in [5.41, 5.74) is 8.82. The molecule has 1 aromatic heterocycles. The lowest BCUT2D eigenvalue weighted by Gasteiger charge is -2.03. The number of hydrogen-bond donors (Lipinski definition) is 1. The predicted octanol–water partition coefficient (Wildman–Crippen LogP) is 3.06. The van der Waals surface area contributed by atoms with Gasteiger partial charge in [-0.3, -0.25) is 9.48 Å². The van der Waals surface area contributed by atoms with Gasteiger partial charge in [-0.2, -0.15) is 5.10 Å². The van der Waals surface area contributed by atoms with Gasteiger partial charge in [-0.25, -0.2) is 0 Å². The third kappa shape index (κ3) is 2.40. The molecular weight excluding hydrogens is 262 g/mol. The van der Waals surface area contributed by atoms with Crippen LogP contribution in [0.25, 0.3) is 10.9 Å². The molecule has 4 heteroatoms. The summed E-state index contributed by atoms with van der Waals surface area (Å²) in [6.45, 7) is 2.82. The normalized spacial score (nSPS) is 10.9. The van der Waals surface area contributed by atoms with E-state index < -0.39 is 0 Å². The van der Waals surface area contributed by atoms with Crippen molar-refractivity contribution in [1.29, 1.82) is 0 Å². The Balaban J connectivity index is 1.99. The molecule has 106 valence electrons. The van der Waals surface area contributed by atoms with Crippen molar-refractivity contribution >= 4 is 22.4 Å². The van der Waals surface area contributed by atoms with E-state index in [1.54, 1.807) is 12.1 Å². The summed E-state index contributed by atoms with van der Waals surface area (Å²) in [6, 6.07) is 15.1. The Morgan fingerprint density at radius 1 is 1.14 bits per heavy atom. The van der Waals surface area contributed by atoms with Crippen LogP contribution in [0.2, 0.25) is 0 Å². The molecule has 3 rings (SSSR count). The lowest BCUT2D eigenvalue weighted by Crippen LogP contribution is -2.08. The molecule has 4 nitrogen and oxygen atoms in total. The zero-order chi connectivity index (χ0) is 14.8. The number of ketones is 1. The summed E-state index contributed by atoms with van der Waals surface area (Å²) < 4.78 is 1.92. The minimum absolute atomic E-state index is 0.000365. The van der Waals surface area contributed by atoms with Crippen molar-refractivity contribution in [3.63, 3.8) is 0 Å². The summed E-state index contributed by atoms with van der Waals surface area (Å²) in [4.78, 5) is 12.4. The van der Waals surface area contributed by atoms with E-state index >= 15 is 0 Å². The first-order valence-electron chi connectivity index (χ1n) is 7.03. The molecule has 0 aliphatic carbocycles. The lowest BCUT2D eigenvalue weighted by atomic mass is 10.0. The van der Waals surface area contributed by atoms with Crippen LogP contribution in [0.5, 0.6) is 0 Å². The molecule has 0 aliphatic rings. The Labute approximate surface area is 123 Å². The first-order chi connectivity index (χ1) is 10.2. The maximum absolute atomic E-state index is 12.4. The van der Waals surface area contributed by atoms with E-state index in [1.165, 1.54) is 0 Å². The summed E-state index contributed by atoms with van der Waals surface area (Å²) in [5, 5.41) is 5.59. The van der Waals surface area contributed by atoms with Gasteiger partial charge in [0, 0.05) is 23.2 Å². The molecule has 2 N–H and O–H groups in total. The largest absolute Gasteiger partial charge is 0.398 e. The number of carbonyl (C=O) groups is 1. The van der Waals surface area contributed by atoms with Gasteiger partial charge in [0.1, 0.15) is 0 Å². The summed E-state index contributed by atoms with van der Waals surface area (Å²) >= 11 is 0. The lowest BCUT2D eigenvalue weighted by molar-refractivity contribution is 0.0993. The van der Waals surface area contributed by atoms with Gasteiger partial charge in [0.2, 0.25) is 0 Å². The molecule has 1 heterocycles. The van der Waals surface area contributed by atoms with Crippen LogP contribution in [0.4, 0.5) is 5.69 Å². The maximum Gasteiger partial charge on any atom is 0.170 e. The van der Waals surface area contributed by atoms with Crippen LogP contribution in [0, 0.1) is 0 Å². The molecule has 0 aliphatic heterocycles. The highest BCUT2D eigenvalue weighted by atomic mass is 16.1. The number of aromatic nitrogens is 2. The van der Waals surface area contributed by atoms with Gasteiger partial charge in [-0.05, 0) is 25.1 Å². The molecule has 0 saturated carbocycles. The zero-order valence-corrected chi connectivity index (χ0v) is 11.9. The first kappa shape index (κ1) is 13.4. The van der Waals surface area contributed by atoms with Crippen molar-refractivity contribution in [3.8, 4) is 0 Å². The van der Waals surface area contributed by atoms with Gasteiger partial charge in [0.25, 0.3) is 0 Å². The molecule has 3 aromatic rings. The third-order valence-corrected chi connectivity index (χ3v) is 3.62. The highest BCUT2D eigenvalue weighted by Crippen LogP contribution is 2.21. The minimum atomic E-state index is -0.000365. The average molecular weight is 279 g/mol. The van der Waals surface area contributed by atoms with Gasteiger partial charge in [0.05, 0.1) is 17.6 Å². The van der Waals surface area contributed by atoms with Crippen molar-refractivity contribution in [1.82, 2.24) is 9.78 Å². The number of rotatable bonds is 4. The minimum Gasteiger partial charge on any atom is -0.398 e. The van der Waals surface area contributed by atoms with Crippen LogP contribution in [0.15, 0.2) is 48.5 Å². The van der Waals surface area contributed by atoms with Crippen LogP contribution < -0.4 is 5.73 Å². The van der Waals surface area contributed by atoms with Crippen molar-refractivity contribution in [2.75, 3.05) is 5.73 Å². The van der Waals surface area contributed by atoms with Crippen molar-refractivity contribution < 1.29 is 4.79 Å². The number of hydrogen-bond acceptors (Lipinski definition) is 3. The van der Waals surface area contributed by atoms with Crippen molar-refractivity contribution in [3.05, 3.63) is 59.8 Å². The van der Waals surface area contributed by atoms with Crippen LogP contribution in [0.1, 0.15) is 23.0 Å². The van der Waals surface area contributed by atoms with Gasteiger partial charge in [-0.15, -0.1) is 0 Å². The van der Waals surface area contributed by atoms with E-state index in [9.17, 15) is 4.79 Å². The Kier molecular flexibility index (Phi) is 3.44. The zero-order valence-electron chi connectivity index (χ0n) is 11.9. The quantitative estimate of drug-likeness (QED) is 0.589. The van der Waals surface area contributed by atoms with Crippen molar-refractivity contribution in [2.45, 2.75) is 19.9 Å². The van der Waals surface area contributed by atoms with Crippen LogP contribution in [-0.4, -0.2) is 15.6 Å². The molecule has 0 fully saturated rings. The monoisotopic (exact) mass is 279 g/mol. The number of Topliss-reactive ketones (excluding diaryl/α,β-unsaturated/α-hetero) is 1. The highest BCUT2D eigenvalue weighted by molar-refractivity contribution is 6.03. The Morgan fingerprint density at radius 2 is 1.86 bits per heavy atom. The van der Waals surface area contributed by atoms with Crippen molar-refractivity contribution in [2.24, 2.45) is 0 Å². The van der Waals surface area contributed by atoms with Crippen LogP contribution in [-0.2, 0) is 13.0 Å².